The molecule has 1 aromatic carbocycles. The second-order valence-electron chi connectivity index (χ2n) is 6.18. The van der Waals surface area contributed by atoms with Crippen LogP contribution in [-0.4, -0.2) is 57.9 Å². The van der Waals surface area contributed by atoms with Crippen LogP contribution in [0.25, 0.3) is 11.5 Å². The van der Waals surface area contributed by atoms with Gasteiger partial charge in [-0.3, -0.25) is 10.1 Å². The van der Waals surface area contributed by atoms with Gasteiger partial charge in [-0.25, -0.2) is 8.42 Å². The van der Waals surface area contributed by atoms with Crippen molar-refractivity contribution in [2.75, 3.05) is 24.2 Å². The van der Waals surface area contributed by atoms with E-state index in [1.807, 2.05) is 6.92 Å². The number of thioether (sulfide) groups is 1. The Balaban J connectivity index is 1.60. The van der Waals surface area contributed by atoms with Crippen LogP contribution in [0.1, 0.15) is 25.8 Å². The van der Waals surface area contributed by atoms with Crippen LogP contribution in [0.2, 0.25) is 0 Å². The molecule has 1 N–H and O–H groups in total. The smallest absolute Gasteiger partial charge is 0.277 e. The monoisotopic (exact) mass is 482 g/mol. The zero-order valence-corrected chi connectivity index (χ0v) is 19.7. The molecule has 0 saturated heterocycles. The Morgan fingerprint density at radius 1 is 1.10 bits per heavy atom. The SMILES string of the molecule is CCc1nnc(NC(=O)CSc2nnc(-c3ccc(S(=O)(=O)N(CC)CC)cc3)o2)s1. The highest BCUT2D eigenvalue weighted by Crippen LogP contribution is 2.25. The molecule has 10 nitrogen and oxygen atoms in total. The van der Waals surface area contributed by atoms with E-state index in [0.717, 1.165) is 23.2 Å². The van der Waals surface area contributed by atoms with Crippen molar-refractivity contribution in [2.24, 2.45) is 0 Å². The Labute approximate surface area is 188 Å². The number of aromatic nitrogens is 4. The maximum absolute atomic E-state index is 12.6. The standard InChI is InChI=1S/C18H22N6O4S3/c1-4-15-20-22-17(30-15)19-14(25)11-29-18-23-21-16(28-18)12-7-9-13(10-8-12)31(26,27)24(5-2)6-3/h7-10H,4-6,11H2,1-3H3,(H,19,22,25). The van der Waals surface area contributed by atoms with Gasteiger partial charge in [0.15, 0.2) is 0 Å². The van der Waals surface area contributed by atoms with Crippen molar-refractivity contribution < 1.29 is 17.6 Å². The highest BCUT2D eigenvalue weighted by atomic mass is 32.2. The van der Waals surface area contributed by atoms with Gasteiger partial charge in [-0.15, -0.1) is 20.4 Å². The van der Waals surface area contributed by atoms with Crippen molar-refractivity contribution in [3.05, 3.63) is 29.3 Å². The molecule has 3 aromatic rings. The van der Waals surface area contributed by atoms with Crippen molar-refractivity contribution in [3.63, 3.8) is 0 Å². The molecule has 2 aromatic heterocycles. The van der Waals surface area contributed by atoms with E-state index < -0.39 is 10.0 Å². The van der Waals surface area contributed by atoms with Crippen LogP contribution in [0, 0.1) is 0 Å². The largest absolute Gasteiger partial charge is 0.411 e. The third-order valence-corrected chi connectivity index (χ3v) is 8.06. The van der Waals surface area contributed by atoms with Crippen LogP contribution >= 0.6 is 23.1 Å². The minimum absolute atomic E-state index is 0.0731. The van der Waals surface area contributed by atoms with Crippen molar-refractivity contribution in [1.82, 2.24) is 24.7 Å². The zero-order valence-electron chi connectivity index (χ0n) is 17.2. The molecule has 3 rings (SSSR count). The van der Waals surface area contributed by atoms with Gasteiger partial charge in [-0.2, -0.15) is 4.31 Å². The Kier molecular flexibility index (Phi) is 7.75. The molecule has 31 heavy (non-hydrogen) atoms. The molecular formula is C18H22N6O4S3. The van der Waals surface area contributed by atoms with Crippen molar-refractivity contribution >= 4 is 44.2 Å². The van der Waals surface area contributed by atoms with Crippen LogP contribution in [0.15, 0.2) is 38.8 Å². The molecule has 0 aliphatic heterocycles. The fourth-order valence-corrected chi connectivity index (χ4v) is 5.31. The van der Waals surface area contributed by atoms with Gasteiger partial charge in [0.2, 0.25) is 27.0 Å². The number of nitrogens with zero attached hydrogens (tertiary/aromatic N) is 5. The van der Waals surface area contributed by atoms with Gasteiger partial charge < -0.3 is 4.42 Å². The lowest BCUT2D eigenvalue weighted by Crippen LogP contribution is -2.30. The summed E-state index contributed by atoms with van der Waals surface area (Å²) in [5.74, 6) is 0.0601. The lowest BCUT2D eigenvalue weighted by Gasteiger charge is -2.18. The molecule has 0 radical (unpaired) electrons. The second kappa shape index (κ2) is 10.3. The van der Waals surface area contributed by atoms with E-state index in [1.54, 1.807) is 26.0 Å². The lowest BCUT2D eigenvalue weighted by molar-refractivity contribution is -0.113. The van der Waals surface area contributed by atoms with Crippen LogP contribution in [-0.2, 0) is 21.2 Å². The number of hydrogen-bond acceptors (Lipinski definition) is 10. The number of carbonyl (C=O) groups is 1. The Bertz CT molecular complexity index is 1120. The number of carbonyl (C=O) groups excluding carboxylic acids is 1. The van der Waals surface area contributed by atoms with Crippen LogP contribution < -0.4 is 5.32 Å². The first-order chi connectivity index (χ1) is 14.9. The number of nitrogens with one attached hydrogen (secondary N) is 1. The summed E-state index contributed by atoms with van der Waals surface area (Å²) in [6.07, 6.45) is 0.759. The molecular weight excluding hydrogens is 460 g/mol. The highest BCUT2D eigenvalue weighted by molar-refractivity contribution is 7.99. The van der Waals surface area contributed by atoms with E-state index in [9.17, 15) is 13.2 Å². The van der Waals surface area contributed by atoms with Crippen molar-refractivity contribution in [1.29, 1.82) is 0 Å². The van der Waals surface area contributed by atoms with E-state index in [2.05, 4.69) is 25.7 Å². The fourth-order valence-electron chi connectivity index (χ4n) is 2.60. The van der Waals surface area contributed by atoms with Crippen LogP contribution in [0.5, 0.6) is 0 Å². The predicted octanol–water partition coefficient (Wildman–Crippen LogP) is 2.91. The minimum Gasteiger partial charge on any atom is -0.411 e. The first-order valence-electron chi connectivity index (χ1n) is 9.56. The fraction of sp³-hybridized carbons (Fsp3) is 0.389. The van der Waals surface area contributed by atoms with Gasteiger partial charge in [0.1, 0.15) is 5.01 Å². The number of amides is 1. The quantitative estimate of drug-likeness (QED) is 0.433. The third-order valence-electron chi connectivity index (χ3n) is 4.19. The molecule has 0 fully saturated rings. The third kappa shape index (κ3) is 5.67. The molecule has 0 atom stereocenters. The Morgan fingerprint density at radius 3 is 2.42 bits per heavy atom. The highest BCUT2D eigenvalue weighted by Gasteiger charge is 2.22. The molecule has 0 unspecified atom stereocenters. The molecule has 2 heterocycles. The Hall–Kier alpha value is -2.35. The predicted molar refractivity (Wildman–Crippen MR) is 118 cm³/mol. The number of sulfonamides is 1. The maximum atomic E-state index is 12.6. The van der Waals surface area contributed by atoms with Gasteiger partial charge in [-0.05, 0) is 30.7 Å². The number of anilines is 1. The van der Waals surface area contributed by atoms with Crippen LogP contribution in [0.4, 0.5) is 5.13 Å². The molecule has 0 spiro atoms. The summed E-state index contributed by atoms with van der Waals surface area (Å²) < 4.78 is 32.1. The summed E-state index contributed by atoms with van der Waals surface area (Å²) in [5, 5.41) is 20.0. The number of hydrogen-bond donors (Lipinski definition) is 1. The number of aryl methyl sites for hydroxylation is 1. The molecule has 1 amide bonds. The lowest BCUT2D eigenvalue weighted by atomic mass is 10.2. The molecule has 13 heteroatoms. The van der Waals surface area contributed by atoms with Gasteiger partial charge in [0, 0.05) is 18.7 Å². The molecule has 0 bridgehead atoms. The van der Waals surface area contributed by atoms with Gasteiger partial charge in [0.25, 0.3) is 5.22 Å². The molecule has 166 valence electrons. The molecule has 0 saturated carbocycles. The van der Waals surface area contributed by atoms with E-state index in [0.29, 0.717) is 23.8 Å². The average molecular weight is 483 g/mol. The van der Waals surface area contributed by atoms with Crippen LogP contribution in [0.3, 0.4) is 0 Å². The molecule has 0 aliphatic rings. The van der Waals surface area contributed by atoms with E-state index in [4.69, 9.17) is 4.42 Å². The summed E-state index contributed by atoms with van der Waals surface area (Å²) in [4.78, 5) is 12.3. The topological polar surface area (TPSA) is 131 Å². The van der Waals surface area contributed by atoms with E-state index >= 15 is 0 Å². The first kappa shape index (κ1) is 23.3. The maximum Gasteiger partial charge on any atom is 0.277 e. The zero-order chi connectivity index (χ0) is 22.4. The summed E-state index contributed by atoms with van der Waals surface area (Å²) in [5.41, 5.74) is 0.586. The van der Waals surface area contributed by atoms with Gasteiger partial charge in [0.05, 0.1) is 10.6 Å². The first-order valence-corrected chi connectivity index (χ1v) is 12.8. The van der Waals surface area contributed by atoms with Gasteiger partial charge >= 0.3 is 0 Å². The van der Waals surface area contributed by atoms with E-state index in [1.165, 1.54) is 27.8 Å². The summed E-state index contributed by atoms with van der Waals surface area (Å²) >= 11 is 2.43. The van der Waals surface area contributed by atoms with E-state index in [-0.39, 0.29) is 27.7 Å². The summed E-state index contributed by atoms with van der Waals surface area (Å²) in [7, 11) is -3.53. The van der Waals surface area contributed by atoms with Crippen molar-refractivity contribution in [2.45, 2.75) is 37.3 Å². The summed E-state index contributed by atoms with van der Waals surface area (Å²) in [6, 6.07) is 6.26. The summed E-state index contributed by atoms with van der Waals surface area (Å²) in [6.45, 7) is 6.36. The average Bonchev–Trinajstić information content (AvgIpc) is 3.42. The number of rotatable bonds is 10. The minimum atomic E-state index is -3.53. The van der Waals surface area contributed by atoms with Gasteiger partial charge in [-0.1, -0.05) is 43.9 Å². The molecule has 0 aliphatic carbocycles. The Morgan fingerprint density at radius 2 is 1.81 bits per heavy atom. The van der Waals surface area contributed by atoms with Crippen molar-refractivity contribution in [3.8, 4) is 11.5 Å². The normalized spacial score (nSPS) is 11.7. The number of benzene rings is 1. The second-order valence-corrected chi connectivity index (χ2v) is 10.1.